The molecule has 0 saturated carbocycles. The van der Waals surface area contributed by atoms with E-state index >= 15 is 0 Å². The third-order valence-corrected chi connectivity index (χ3v) is 3.65. The number of amides is 2. The van der Waals surface area contributed by atoms with Crippen molar-refractivity contribution in [3.8, 4) is 0 Å². The number of ether oxygens (including phenoxy) is 1. The van der Waals surface area contributed by atoms with Gasteiger partial charge in [-0.1, -0.05) is 37.3 Å². The number of hydrogen-bond acceptors (Lipinski definition) is 3. The molecule has 2 rings (SSSR count). The molecular formula is C16H22N2O3. The van der Waals surface area contributed by atoms with Gasteiger partial charge in [0.25, 0.3) is 0 Å². The predicted octanol–water partition coefficient (Wildman–Crippen LogP) is 2.14. The molecule has 114 valence electrons. The number of nitrogens with zero attached hydrogens (tertiary/aromatic N) is 1. The molecule has 1 unspecified atom stereocenters. The van der Waals surface area contributed by atoms with Crippen LogP contribution in [-0.2, 0) is 9.53 Å². The molecule has 1 fully saturated rings. The minimum absolute atomic E-state index is 0.0327. The molecule has 0 spiro atoms. The second-order valence-electron chi connectivity index (χ2n) is 5.32. The molecule has 5 heteroatoms. The zero-order valence-corrected chi connectivity index (χ0v) is 12.4. The molecule has 1 heterocycles. The fraction of sp³-hybridized carbons (Fsp3) is 0.500. The van der Waals surface area contributed by atoms with Gasteiger partial charge in [-0.15, -0.1) is 0 Å². The summed E-state index contributed by atoms with van der Waals surface area (Å²) in [5.41, 5.74) is 1.22. The Hall–Kier alpha value is -2.04. The molecule has 0 aromatic heterocycles. The number of rotatable bonds is 7. The third kappa shape index (κ3) is 4.77. The minimum atomic E-state index is -0.270. The molecular weight excluding hydrogens is 268 g/mol. The Kier molecular flexibility index (Phi) is 5.60. The van der Waals surface area contributed by atoms with Crippen LogP contribution in [0, 0.1) is 0 Å². The highest BCUT2D eigenvalue weighted by Crippen LogP contribution is 2.13. The van der Waals surface area contributed by atoms with Gasteiger partial charge in [0.2, 0.25) is 5.91 Å². The van der Waals surface area contributed by atoms with Gasteiger partial charge in [-0.3, -0.25) is 4.79 Å². The monoisotopic (exact) mass is 290 g/mol. The van der Waals surface area contributed by atoms with Gasteiger partial charge < -0.3 is 15.0 Å². The molecule has 21 heavy (non-hydrogen) atoms. The maximum atomic E-state index is 11.8. The zero-order chi connectivity index (χ0) is 15.1. The summed E-state index contributed by atoms with van der Waals surface area (Å²) in [7, 11) is 0. The van der Waals surface area contributed by atoms with Crippen molar-refractivity contribution in [2.75, 3.05) is 26.2 Å². The van der Waals surface area contributed by atoms with E-state index in [1.165, 1.54) is 5.56 Å². The molecule has 2 amide bonds. The van der Waals surface area contributed by atoms with E-state index < -0.39 is 0 Å². The number of carbonyl (C=O) groups excluding carboxylic acids is 2. The van der Waals surface area contributed by atoms with Crippen molar-refractivity contribution >= 4 is 12.0 Å². The molecule has 0 bridgehead atoms. The smallest absolute Gasteiger partial charge is 0.409 e. The second kappa shape index (κ2) is 7.67. The molecule has 1 aliphatic heterocycles. The number of benzene rings is 1. The number of cyclic esters (lactones) is 1. The Morgan fingerprint density at radius 3 is 2.81 bits per heavy atom. The molecule has 0 aliphatic carbocycles. The van der Waals surface area contributed by atoms with Crippen molar-refractivity contribution < 1.29 is 14.3 Å². The standard InChI is InChI=1S/C16H22N2O3/c1-13(14-6-3-2-4-7-14)12-17-15(19)8-5-9-18-10-11-21-16(18)20/h2-4,6-7,13H,5,8-12H2,1H3,(H,17,19). The van der Waals surface area contributed by atoms with E-state index in [1.807, 2.05) is 18.2 Å². The van der Waals surface area contributed by atoms with Crippen LogP contribution in [0.2, 0.25) is 0 Å². The van der Waals surface area contributed by atoms with Gasteiger partial charge in [0, 0.05) is 19.5 Å². The fourth-order valence-electron chi connectivity index (χ4n) is 2.31. The van der Waals surface area contributed by atoms with Crippen LogP contribution in [0.5, 0.6) is 0 Å². The van der Waals surface area contributed by atoms with Crippen LogP contribution in [0.1, 0.15) is 31.2 Å². The molecule has 1 aromatic carbocycles. The van der Waals surface area contributed by atoms with Gasteiger partial charge in [0.15, 0.2) is 0 Å². The summed E-state index contributed by atoms with van der Waals surface area (Å²) in [6.45, 7) is 4.40. The van der Waals surface area contributed by atoms with Crippen LogP contribution in [0.15, 0.2) is 30.3 Å². The van der Waals surface area contributed by atoms with Crippen molar-refractivity contribution in [1.82, 2.24) is 10.2 Å². The average molecular weight is 290 g/mol. The van der Waals surface area contributed by atoms with Crippen LogP contribution < -0.4 is 5.32 Å². The van der Waals surface area contributed by atoms with Crippen LogP contribution in [0.3, 0.4) is 0 Å². The fourth-order valence-corrected chi connectivity index (χ4v) is 2.31. The van der Waals surface area contributed by atoms with Crippen molar-refractivity contribution in [2.24, 2.45) is 0 Å². The van der Waals surface area contributed by atoms with Gasteiger partial charge in [-0.2, -0.15) is 0 Å². The lowest BCUT2D eigenvalue weighted by Gasteiger charge is -2.14. The van der Waals surface area contributed by atoms with Gasteiger partial charge >= 0.3 is 6.09 Å². The highest BCUT2D eigenvalue weighted by molar-refractivity contribution is 5.76. The topological polar surface area (TPSA) is 58.6 Å². The highest BCUT2D eigenvalue weighted by Gasteiger charge is 2.21. The summed E-state index contributed by atoms with van der Waals surface area (Å²) in [4.78, 5) is 24.7. The van der Waals surface area contributed by atoms with E-state index in [1.54, 1.807) is 4.90 Å². The van der Waals surface area contributed by atoms with Gasteiger partial charge in [-0.25, -0.2) is 4.79 Å². The maximum Gasteiger partial charge on any atom is 0.409 e. The van der Waals surface area contributed by atoms with Crippen molar-refractivity contribution in [3.05, 3.63) is 35.9 Å². The van der Waals surface area contributed by atoms with E-state index in [9.17, 15) is 9.59 Å². The Morgan fingerprint density at radius 2 is 2.14 bits per heavy atom. The third-order valence-electron chi connectivity index (χ3n) is 3.65. The van der Waals surface area contributed by atoms with Crippen LogP contribution in [-0.4, -0.2) is 43.1 Å². The van der Waals surface area contributed by atoms with Gasteiger partial charge in [0.05, 0.1) is 6.54 Å². The van der Waals surface area contributed by atoms with Gasteiger partial charge in [-0.05, 0) is 17.9 Å². The summed E-state index contributed by atoms with van der Waals surface area (Å²) in [6, 6.07) is 10.1. The molecule has 1 aliphatic rings. The first-order valence-corrected chi connectivity index (χ1v) is 7.40. The highest BCUT2D eigenvalue weighted by atomic mass is 16.6. The first kappa shape index (κ1) is 15.4. The van der Waals surface area contributed by atoms with Crippen LogP contribution in [0.25, 0.3) is 0 Å². The average Bonchev–Trinajstić information content (AvgIpc) is 2.91. The Bertz CT molecular complexity index is 476. The molecule has 1 atom stereocenters. The summed E-state index contributed by atoms with van der Waals surface area (Å²) < 4.78 is 4.84. The lowest BCUT2D eigenvalue weighted by molar-refractivity contribution is -0.121. The number of carbonyl (C=O) groups is 2. The van der Waals surface area contributed by atoms with Crippen LogP contribution >= 0.6 is 0 Å². The van der Waals surface area contributed by atoms with E-state index in [0.717, 1.165) is 0 Å². The molecule has 1 aromatic rings. The van der Waals surface area contributed by atoms with Crippen molar-refractivity contribution in [2.45, 2.75) is 25.7 Å². The molecule has 1 saturated heterocycles. The maximum absolute atomic E-state index is 11.8. The summed E-state index contributed by atoms with van der Waals surface area (Å²) >= 11 is 0. The summed E-state index contributed by atoms with van der Waals surface area (Å²) in [6.07, 6.45) is 0.833. The first-order chi connectivity index (χ1) is 10.2. The van der Waals surface area contributed by atoms with Crippen molar-refractivity contribution in [3.63, 3.8) is 0 Å². The Labute approximate surface area is 125 Å². The van der Waals surface area contributed by atoms with Crippen molar-refractivity contribution in [1.29, 1.82) is 0 Å². The number of hydrogen-bond donors (Lipinski definition) is 1. The van der Waals surface area contributed by atoms with Gasteiger partial charge in [0.1, 0.15) is 6.61 Å². The Balaban J connectivity index is 1.62. The molecule has 5 nitrogen and oxygen atoms in total. The normalized spacial score (nSPS) is 15.7. The van der Waals surface area contributed by atoms with E-state index in [2.05, 4.69) is 24.4 Å². The SMILES string of the molecule is CC(CNC(=O)CCCN1CCOC1=O)c1ccccc1. The van der Waals surface area contributed by atoms with E-state index in [0.29, 0.717) is 45.0 Å². The second-order valence-corrected chi connectivity index (χ2v) is 5.32. The number of nitrogens with one attached hydrogen (secondary N) is 1. The molecule has 0 radical (unpaired) electrons. The zero-order valence-electron chi connectivity index (χ0n) is 12.4. The molecule has 1 N–H and O–H groups in total. The van der Waals surface area contributed by atoms with E-state index in [-0.39, 0.29) is 12.0 Å². The summed E-state index contributed by atoms with van der Waals surface area (Å²) in [5.74, 6) is 0.328. The predicted molar refractivity (Wildman–Crippen MR) is 80.0 cm³/mol. The summed E-state index contributed by atoms with van der Waals surface area (Å²) in [5, 5.41) is 2.94. The first-order valence-electron chi connectivity index (χ1n) is 7.40. The largest absolute Gasteiger partial charge is 0.448 e. The van der Waals surface area contributed by atoms with Crippen LogP contribution in [0.4, 0.5) is 4.79 Å². The lowest BCUT2D eigenvalue weighted by Crippen LogP contribution is -2.29. The van der Waals surface area contributed by atoms with E-state index in [4.69, 9.17) is 4.74 Å². The minimum Gasteiger partial charge on any atom is -0.448 e. The quantitative estimate of drug-likeness (QED) is 0.837. The lowest BCUT2D eigenvalue weighted by atomic mass is 10.0. The Morgan fingerprint density at radius 1 is 1.38 bits per heavy atom.